The first-order valence-electron chi connectivity index (χ1n) is 12.9. The second-order valence-electron chi connectivity index (χ2n) is 10.4. The van der Waals surface area contributed by atoms with Crippen molar-refractivity contribution in [2.24, 2.45) is 7.05 Å². The maximum Gasteiger partial charge on any atom is 0.270 e. The Kier molecular flexibility index (Phi) is 7.03. The number of ether oxygens (including phenoxy) is 1. The number of pyridine rings is 1. The fraction of sp³-hybridized carbons (Fsp3) is 0.345. The summed E-state index contributed by atoms with van der Waals surface area (Å²) in [5.41, 5.74) is 3.39. The summed E-state index contributed by atoms with van der Waals surface area (Å²) in [6.07, 6.45) is 1.57. The number of aromatic nitrogens is 3. The molecule has 8 nitrogen and oxygen atoms in total. The van der Waals surface area contributed by atoms with Crippen molar-refractivity contribution in [3.8, 4) is 11.5 Å². The first-order valence-corrected chi connectivity index (χ1v) is 12.9. The van der Waals surface area contributed by atoms with Crippen LogP contribution in [-0.2, 0) is 7.05 Å². The van der Waals surface area contributed by atoms with Gasteiger partial charge >= 0.3 is 0 Å². The molecule has 0 spiro atoms. The van der Waals surface area contributed by atoms with Crippen molar-refractivity contribution in [3.63, 3.8) is 0 Å². The lowest BCUT2D eigenvalue weighted by atomic mass is 10.0. The van der Waals surface area contributed by atoms with Gasteiger partial charge in [0.05, 0.1) is 17.1 Å². The molecule has 0 unspecified atom stereocenters. The van der Waals surface area contributed by atoms with Gasteiger partial charge in [0.2, 0.25) is 5.95 Å². The van der Waals surface area contributed by atoms with E-state index in [1.807, 2.05) is 49.7 Å². The largest absolute Gasteiger partial charge is 0.457 e. The van der Waals surface area contributed by atoms with Gasteiger partial charge < -0.3 is 19.9 Å². The smallest absolute Gasteiger partial charge is 0.270 e. The Balaban J connectivity index is 0.00000220. The molecular formula is C29H37FN6O2. The molecular weight excluding hydrogens is 483 g/mol. The molecule has 1 aliphatic heterocycles. The van der Waals surface area contributed by atoms with Gasteiger partial charge in [-0.3, -0.25) is 14.7 Å². The number of aryl methyl sites for hydroxylation is 1. The summed E-state index contributed by atoms with van der Waals surface area (Å²) in [4.78, 5) is 23.9. The number of fused-ring (bicyclic) bond motifs is 1. The quantitative estimate of drug-likeness (QED) is 0.293. The molecule has 2 N–H and O–H groups in total. The number of hydrogen-bond donors (Lipinski definition) is 2. The fourth-order valence-electron chi connectivity index (χ4n) is 4.57. The molecule has 9 heteroatoms. The van der Waals surface area contributed by atoms with Crippen LogP contribution in [0.2, 0.25) is 0 Å². The van der Waals surface area contributed by atoms with Gasteiger partial charge in [-0.05, 0) is 61.7 Å². The first-order chi connectivity index (χ1) is 18.2. The summed E-state index contributed by atoms with van der Waals surface area (Å²) in [6, 6.07) is 14.6. The first kappa shape index (κ1) is 25.7. The number of halogens is 1. The number of amides is 1. The third kappa shape index (κ3) is 5.33. The van der Waals surface area contributed by atoms with E-state index in [1.165, 1.54) is 6.07 Å². The topological polar surface area (TPSA) is 84.3 Å². The molecule has 0 atom stereocenters. The van der Waals surface area contributed by atoms with Crippen LogP contribution in [0.3, 0.4) is 0 Å². The molecule has 2 aromatic heterocycles. The second-order valence-corrected chi connectivity index (χ2v) is 10.4. The van der Waals surface area contributed by atoms with Crippen molar-refractivity contribution in [2.75, 3.05) is 18.4 Å². The van der Waals surface area contributed by atoms with E-state index < -0.39 is 0 Å². The molecule has 202 valence electrons. The van der Waals surface area contributed by atoms with Gasteiger partial charge in [0.1, 0.15) is 23.0 Å². The highest BCUT2D eigenvalue weighted by Gasteiger charge is 2.30. The van der Waals surface area contributed by atoms with Crippen LogP contribution < -0.4 is 15.4 Å². The molecule has 2 aromatic carbocycles. The van der Waals surface area contributed by atoms with E-state index >= 15 is 0 Å². The number of hydrogen-bond acceptors (Lipinski definition) is 6. The van der Waals surface area contributed by atoms with E-state index in [0.29, 0.717) is 34.7 Å². The van der Waals surface area contributed by atoms with E-state index in [0.717, 1.165) is 29.8 Å². The van der Waals surface area contributed by atoms with Gasteiger partial charge in [-0.2, -0.15) is 0 Å². The monoisotopic (exact) mass is 520 g/mol. The standard InChI is InChI=1S/C29H33FN6O2.2H2/c1-17(2)23-12-19(6-8-24(23)30)33-29-34-25-13-21(7-9-27(25)35(29)5)38-22-10-11-31-26(14-22)28(37)32-20-15-36(16-20)18(3)4;;/h6-14,17-18,20H,15-16H2,1-5H3,(H,32,37)(H,33,34);2*1H. The molecule has 1 amide bonds. The van der Waals surface area contributed by atoms with Gasteiger partial charge in [0, 0.05) is 53.0 Å². The maximum atomic E-state index is 14.1. The van der Waals surface area contributed by atoms with Gasteiger partial charge in [0.25, 0.3) is 5.91 Å². The molecule has 0 aliphatic carbocycles. The molecule has 1 fully saturated rings. The number of carbonyl (C=O) groups excluding carboxylic acids is 1. The van der Waals surface area contributed by atoms with Crippen molar-refractivity contribution < 1.29 is 16.8 Å². The maximum absolute atomic E-state index is 14.1. The number of carbonyl (C=O) groups is 1. The Hall–Kier alpha value is -3.98. The molecule has 0 bridgehead atoms. The molecule has 5 rings (SSSR count). The Labute approximate surface area is 224 Å². The van der Waals surface area contributed by atoms with Crippen LogP contribution in [0.25, 0.3) is 11.0 Å². The van der Waals surface area contributed by atoms with Crippen LogP contribution in [0.4, 0.5) is 16.0 Å². The van der Waals surface area contributed by atoms with Gasteiger partial charge in [-0.15, -0.1) is 0 Å². The zero-order valence-corrected chi connectivity index (χ0v) is 22.3. The van der Waals surface area contributed by atoms with E-state index in [2.05, 4.69) is 34.4 Å². The molecule has 38 heavy (non-hydrogen) atoms. The Morgan fingerprint density at radius 3 is 2.58 bits per heavy atom. The SMILES string of the molecule is CC(C)c1cc(Nc2nc3cc(Oc4ccnc(C(=O)NC5CN(C(C)C)C5)c4)ccc3n2C)ccc1F.[HH].[HH]. The Bertz CT molecular complexity index is 1490. The zero-order valence-electron chi connectivity index (χ0n) is 22.3. The summed E-state index contributed by atoms with van der Waals surface area (Å²) in [6.45, 7) is 9.92. The van der Waals surface area contributed by atoms with Crippen LogP contribution >= 0.6 is 0 Å². The number of benzene rings is 2. The minimum Gasteiger partial charge on any atom is -0.457 e. The highest BCUT2D eigenvalue weighted by molar-refractivity contribution is 5.93. The van der Waals surface area contributed by atoms with Gasteiger partial charge in [0.15, 0.2) is 0 Å². The normalized spacial score (nSPS) is 14.2. The Morgan fingerprint density at radius 1 is 1.08 bits per heavy atom. The van der Waals surface area contributed by atoms with Gasteiger partial charge in [-0.25, -0.2) is 9.37 Å². The minimum absolute atomic E-state index is 0. The van der Waals surface area contributed by atoms with E-state index in [4.69, 9.17) is 9.72 Å². The molecule has 1 saturated heterocycles. The highest BCUT2D eigenvalue weighted by atomic mass is 19.1. The Morgan fingerprint density at radius 2 is 1.84 bits per heavy atom. The summed E-state index contributed by atoms with van der Waals surface area (Å²) < 4.78 is 22.1. The van der Waals surface area contributed by atoms with Crippen LogP contribution in [0.1, 0.15) is 52.5 Å². The average Bonchev–Trinajstić information content (AvgIpc) is 3.16. The van der Waals surface area contributed by atoms with Crippen LogP contribution in [-0.4, -0.2) is 50.5 Å². The average molecular weight is 521 g/mol. The predicted octanol–water partition coefficient (Wildman–Crippen LogP) is 6.08. The van der Waals surface area contributed by atoms with Gasteiger partial charge in [-0.1, -0.05) is 13.8 Å². The van der Waals surface area contributed by atoms with Crippen LogP contribution in [0.15, 0.2) is 54.7 Å². The third-order valence-corrected chi connectivity index (χ3v) is 6.90. The summed E-state index contributed by atoms with van der Waals surface area (Å²) in [5.74, 6) is 1.40. The van der Waals surface area contributed by atoms with E-state index in [-0.39, 0.29) is 26.5 Å². The van der Waals surface area contributed by atoms with E-state index in [1.54, 1.807) is 24.4 Å². The van der Waals surface area contributed by atoms with Crippen LogP contribution in [0, 0.1) is 5.82 Å². The third-order valence-electron chi connectivity index (χ3n) is 6.90. The number of imidazole rings is 1. The molecule has 4 aromatic rings. The number of nitrogens with one attached hydrogen (secondary N) is 2. The predicted molar refractivity (Wildman–Crippen MR) is 151 cm³/mol. The lowest BCUT2D eigenvalue weighted by molar-refractivity contribution is 0.0710. The minimum atomic E-state index is -0.213. The van der Waals surface area contributed by atoms with E-state index in [9.17, 15) is 9.18 Å². The summed E-state index contributed by atoms with van der Waals surface area (Å²) in [7, 11) is 1.92. The van der Waals surface area contributed by atoms with Crippen molar-refractivity contribution in [3.05, 3.63) is 71.8 Å². The molecule has 0 radical (unpaired) electrons. The number of likely N-dealkylation sites (tertiary alicyclic amines) is 1. The van der Waals surface area contributed by atoms with Crippen LogP contribution in [0.5, 0.6) is 11.5 Å². The molecule has 1 aliphatic rings. The number of anilines is 2. The van der Waals surface area contributed by atoms with Crippen molar-refractivity contribution >= 4 is 28.6 Å². The number of rotatable bonds is 8. The lowest BCUT2D eigenvalue weighted by Gasteiger charge is -2.42. The number of nitrogens with zero attached hydrogens (tertiary/aromatic N) is 4. The lowest BCUT2D eigenvalue weighted by Crippen LogP contribution is -2.61. The summed E-state index contributed by atoms with van der Waals surface area (Å²) in [5, 5.41) is 6.33. The van der Waals surface area contributed by atoms with Crippen molar-refractivity contribution in [1.82, 2.24) is 24.8 Å². The fourth-order valence-corrected chi connectivity index (χ4v) is 4.57. The highest BCUT2D eigenvalue weighted by Crippen LogP contribution is 2.29. The zero-order chi connectivity index (χ0) is 27.0. The van der Waals surface area contributed by atoms with Crippen molar-refractivity contribution in [1.29, 1.82) is 0 Å². The summed E-state index contributed by atoms with van der Waals surface area (Å²) >= 11 is 0. The molecule has 3 heterocycles. The molecule has 0 saturated carbocycles. The second kappa shape index (κ2) is 10.4. The van der Waals surface area contributed by atoms with Crippen molar-refractivity contribution in [2.45, 2.75) is 45.7 Å².